The summed E-state index contributed by atoms with van der Waals surface area (Å²) < 4.78 is 0. The van der Waals surface area contributed by atoms with Crippen molar-refractivity contribution in [2.45, 2.75) is 13.8 Å². The van der Waals surface area contributed by atoms with Gasteiger partial charge in [0.2, 0.25) is 0 Å². The van der Waals surface area contributed by atoms with Crippen LogP contribution in [0.25, 0.3) is 66.3 Å². The van der Waals surface area contributed by atoms with E-state index >= 15 is 0 Å². The van der Waals surface area contributed by atoms with Crippen LogP contribution in [-0.4, -0.2) is 9.97 Å². The summed E-state index contributed by atoms with van der Waals surface area (Å²) in [5.74, 6) is 0. The number of fused-ring (bicyclic) bond motifs is 2. The third-order valence-corrected chi connectivity index (χ3v) is 8.09. The Kier molecular flexibility index (Phi) is 9.10. The molecule has 0 aliphatic heterocycles. The Morgan fingerprint density at radius 3 is 1.24 bits per heavy atom. The van der Waals surface area contributed by atoms with E-state index in [1.807, 2.05) is 12.4 Å². The average molecular weight is 656 g/mol. The van der Waals surface area contributed by atoms with Crippen LogP contribution in [0, 0.1) is 13.8 Å². The number of nitrogens with zero attached hydrogens (tertiary/aromatic N) is 2. The Labute approximate surface area is 283 Å². The van der Waals surface area contributed by atoms with Crippen molar-refractivity contribution in [3.8, 4) is 44.8 Å². The van der Waals surface area contributed by atoms with E-state index in [0.29, 0.717) is 0 Å². The van der Waals surface area contributed by atoms with Gasteiger partial charge in [0, 0.05) is 23.8 Å². The van der Waals surface area contributed by atoms with Gasteiger partial charge in [0.25, 0.3) is 0 Å². The molecule has 0 unspecified atom stereocenters. The van der Waals surface area contributed by atoms with Crippen LogP contribution < -0.4 is 0 Å². The zero-order valence-corrected chi connectivity index (χ0v) is 27.9. The topological polar surface area (TPSA) is 25.8 Å². The van der Waals surface area contributed by atoms with Crippen LogP contribution in [0.2, 0.25) is 0 Å². The SMILES string of the molecule is Cc1ccc(-c2cc3c(-c4ccccc4)cccc3[cH-]2)nc1.Cc1ccc(-c2cc3c(-c4ccccc4)cccc3[cH-]2)nc1.[Zr+2]. The van der Waals surface area contributed by atoms with Gasteiger partial charge in [-0.2, -0.15) is 0 Å². The third-order valence-electron chi connectivity index (χ3n) is 8.09. The quantitative estimate of drug-likeness (QED) is 0.176. The molecule has 0 saturated carbocycles. The first-order chi connectivity index (χ1) is 21.6. The van der Waals surface area contributed by atoms with Gasteiger partial charge >= 0.3 is 26.2 Å². The molecule has 0 spiro atoms. The molecule has 2 heterocycles. The Morgan fingerprint density at radius 1 is 0.444 bits per heavy atom. The monoisotopic (exact) mass is 654 g/mol. The van der Waals surface area contributed by atoms with Crippen LogP contribution in [0.3, 0.4) is 0 Å². The number of aromatic nitrogens is 2. The molecular formula is C42H32N2Zr. The number of benzene rings is 4. The first kappa shape index (κ1) is 30.3. The van der Waals surface area contributed by atoms with E-state index in [9.17, 15) is 0 Å². The number of hydrogen-bond donors (Lipinski definition) is 0. The van der Waals surface area contributed by atoms with Crippen molar-refractivity contribution in [1.29, 1.82) is 0 Å². The predicted molar refractivity (Wildman–Crippen MR) is 186 cm³/mol. The molecule has 6 aromatic carbocycles. The molecule has 3 heteroatoms. The number of pyridine rings is 2. The largest absolute Gasteiger partial charge is 2.00 e. The van der Waals surface area contributed by atoms with Crippen molar-refractivity contribution in [2.75, 3.05) is 0 Å². The van der Waals surface area contributed by atoms with Gasteiger partial charge in [-0.05, 0) is 36.1 Å². The van der Waals surface area contributed by atoms with Gasteiger partial charge in [-0.3, -0.25) is 9.97 Å². The zero-order chi connectivity index (χ0) is 29.9. The molecule has 2 nitrogen and oxygen atoms in total. The van der Waals surface area contributed by atoms with Crippen molar-refractivity contribution in [3.05, 3.63) is 169 Å². The van der Waals surface area contributed by atoms with E-state index in [1.54, 1.807) is 0 Å². The van der Waals surface area contributed by atoms with Gasteiger partial charge in [-0.25, -0.2) is 0 Å². The second-order valence-corrected chi connectivity index (χ2v) is 11.3. The summed E-state index contributed by atoms with van der Waals surface area (Å²) in [6.07, 6.45) is 3.84. The maximum absolute atomic E-state index is 4.55. The van der Waals surface area contributed by atoms with Gasteiger partial charge in [0.15, 0.2) is 0 Å². The molecule has 0 saturated heterocycles. The van der Waals surface area contributed by atoms with E-state index in [2.05, 4.69) is 169 Å². The fourth-order valence-electron chi connectivity index (χ4n) is 5.78. The van der Waals surface area contributed by atoms with E-state index in [4.69, 9.17) is 0 Å². The molecule has 8 aromatic rings. The number of aryl methyl sites for hydroxylation is 2. The Balaban J connectivity index is 0.000000155. The van der Waals surface area contributed by atoms with Crippen molar-refractivity contribution in [3.63, 3.8) is 0 Å². The van der Waals surface area contributed by atoms with E-state index in [-0.39, 0.29) is 26.2 Å². The first-order valence-corrected chi connectivity index (χ1v) is 15.0. The molecular weight excluding hydrogens is 624 g/mol. The summed E-state index contributed by atoms with van der Waals surface area (Å²) in [6, 6.07) is 51.3. The molecule has 0 amide bonds. The Bertz CT molecular complexity index is 2000. The van der Waals surface area contributed by atoms with Gasteiger partial charge in [-0.1, -0.05) is 120 Å². The molecule has 2 aromatic heterocycles. The fourth-order valence-corrected chi connectivity index (χ4v) is 5.78. The predicted octanol–water partition coefficient (Wildman–Crippen LogP) is 11.2. The van der Waals surface area contributed by atoms with Crippen LogP contribution in [-0.2, 0) is 26.2 Å². The smallest absolute Gasteiger partial charge is 0.295 e. The van der Waals surface area contributed by atoms with Gasteiger partial charge in [-0.15, -0.1) is 69.1 Å². The summed E-state index contributed by atoms with van der Waals surface area (Å²) in [5, 5.41) is 5.09. The van der Waals surface area contributed by atoms with Crippen LogP contribution in [0.15, 0.2) is 158 Å². The second-order valence-electron chi connectivity index (χ2n) is 11.3. The minimum absolute atomic E-state index is 0. The minimum atomic E-state index is 0. The maximum Gasteiger partial charge on any atom is 2.00 e. The van der Waals surface area contributed by atoms with Crippen molar-refractivity contribution in [2.24, 2.45) is 0 Å². The summed E-state index contributed by atoms with van der Waals surface area (Å²) in [4.78, 5) is 9.09. The summed E-state index contributed by atoms with van der Waals surface area (Å²) in [5.41, 5.74) is 11.8. The van der Waals surface area contributed by atoms with Crippen LogP contribution in [0.5, 0.6) is 0 Å². The van der Waals surface area contributed by atoms with Crippen molar-refractivity contribution in [1.82, 2.24) is 9.97 Å². The van der Waals surface area contributed by atoms with Gasteiger partial charge in [0.1, 0.15) is 0 Å². The normalized spacial score (nSPS) is 10.7. The Hall–Kier alpha value is -4.72. The molecule has 0 N–H and O–H groups in total. The third kappa shape index (κ3) is 6.55. The van der Waals surface area contributed by atoms with Gasteiger partial charge < -0.3 is 0 Å². The minimum Gasteiger partial charge on any atom is -0.295 e. The van der Waals surface area contributed by atoms with Crippen molar-refractivity contribution >= 4 is 21.5 Å². The fraction of sp³-hybridized carbons (Fsp3) is 0.0476. The van der Waals surface area contributed by atoms with Crippen LogP contribution >= 0.6 is 0 Å². The van der Waals surface area contributed by atoms with Crippen molar-refractivity contribution < 1.29 is 26.2 Å². The second kappa shape index (κ2) is 13.5. The van der Waals surface area contributed by atoms with Gasteiger partial charge in [0.05, 0.1) is 0 Å². The standard InChI is InChI=1S/2C21H16N.Zr/c2*1-15-10-11-21(22-14-15)18-12-17-8-5-9-19(20(17)13-18)16-6-3-2-4-7-16;/h2*2-14H,1H3;/q2*-1;+2. The first-order valence-electron chi connectivity index (χ1n) is 15.0. The molecule has 45 heavy (non-hydrogen) atoms. The number of hydrogen-bond acceptors (Lipinski definition) is 2. The molecule has 0 aliphatic carbocycles. The molecule has 0 radical (unpaired) electrons. The Morgan fingerprint density at radius 2 is 0.867 bits per heavy atom. The summed E-state index contributed by atoms with van der Waals surface area (Å²) in [6.45, 7) is 4.12. The maximum atomic E-state index is 4.55. The van der Waals surface area contributed by atoms with E-state index in [1.165, 1.54) is 66.1 Å². The molecule has 214 valence electrons. The number of rotatable bonds is 4. The zero-order valence-electron chi connectivity index (χ0n) is 25.4. The van der Waals surface area contributed by atoms with E-state index < -0.39 is 0 Å². The molecule has 0 bridgehead atoms. The van der Waals surface area contributed by atoms with Crippen LogP contribution in [0.4, 0.5) is 0 Å². The summed E-state index contributed by atoms with van der Waals surface area (Å²) in [7, 11) is 0. The van der Waals surface area contributed by atoms with E-state index in [0.717, 1.165) is 11.4 Å². The molecule has 8 rings (SSSR count). The molecule has 0 aliphatic rings. The average Bonchev–Trinajstić information content (AvgIpc) is 3.72. The van der Waals surface area contributed by atoms with Crippen LogP contribution in [0.1, 0.15) is 11.1 Å². The summed E-state index contributed by atoms with van der Waals surface area (Å²) >= 11 is 0. The molecule has 0 fully saturated rings. The molecule has 0 atom stereocenters.